The summed E-state index contributed by atoms with van der Waals surface area (Å²) < 4.78 is 10.3. The van der Waals surface area contributed by atoms with Crippen LogP contribution < -0.4 is 0 Å². The van der Waals surface area contributed by atoms with Gasteiger partial charge >= 0.3 is 23.9 Å². The lowest BCUT2D eigenvalue weighted by Gasteiger charge is -2.41. The van der Waals surface area contributed by atoms with Crippen molar-refractivity contribution in [2.75, 3.05) is 0 Å². The molecule has 0 atom stereocenters. The van der Waals surface area contributed by atoms with Crippen molar-refractivity contribution in [3.8, 4) is 0 Å². The first-order chi connectivity index (χ1) is 42.1. The van der Waals surface area contributed by atoms with E-state index in [1.807, 2.05) is 36.0 Å². The number of rotatable bonds is 0. The molecular weight excluding hydrogens is 1350 g/mol. The highest BCUT2D eigenvalue weighted by atomic mass is 35.5. The van der Waals surface area contributed by atoms with Crippen molar-refractivity contribution in [3.63, 3.8) is 0 Å². The van der Waals surface area contributed by atoms with Crippen LogP contribution in [-0.2, 0) is 42.0 Å². The van der Waals surface area contributed by atoms with Crippen LogP contribution in [0.15, 0.2) is 72.8 Å². The second-order valence-corrected chi connectivity index (χ2v) is 36.5. The summed E-state index contributed by atoms with van der Waals surface area (Å²) >= 11 is 36.9. The van der Waals surface area contributed by atoms with Crippen LogP contribution >= 0.6 is 81.4 Å². The predicted molar refractivity (Wildman–Crippen MR) is 401 cm³/mol. The van der Waals surface area contributed by atoms with E-state index in [0.717, 1.165) is 22.3 Å². The molecule has 96 heavy (non-hydrogen) atoms. The highest BCUT2D eigenvalue weighted by Gasteiger charge is 2.48. The van der Waals surface area contributed by atoms with E-state index in [2.05, 4.69) is 171 Å². The molecule has 17 heteroatoms. The van der Waals surface area contributed by atoms with Gasteiger partial charge in [-0.2, -0.15) is 11.8 Å². The fourth-order valence-corrected chi connectivity index (χ4v) is 15.5. The molecule has 0 fully saturated rings. The molecule has 0 N–H and O–H groups in total. The summed E-state index contributed by atoms with van der Waals surface area (Å²) in [6, 6.07) is 20.9. The summed E-state index contributed by atoms with van der Waals surface area (Å²) in [5.74, 6) is -3.33. The molecule has 0 saturated heterocycles. The molecule has 0 unspecified atom stereocenters. The number of hydrogen-bond donors (Lipinski definition) is 0. The van der Waals surface area contributed by atoms with Crippen LogP contribution in [0.5, 0.6) is 0 Å². The molecule has 520 valence electrons. The molecule has 0 spiro atoms. The monoisotopic (exact) mass is 1450 g/mol. The van der Waals surface area contributed by atoms with Crippen molar-refractivity contribution in [2.45, 2.75) is 230 Å². The largest absolute Gasteiger partial charge is 0.386 e. The lowest BCUT2D eigenvalue weighted by atomic mass is 9.62. The Hall–Kier alpha value is -5.63. The Morgan fingerprint density at radius 1 is 0.271 bits per heavy atom. The summed E-state index contributed by atoms with van der Waals surface area (Å²) in [7, 11) is 0. The fourth-order valence-electron chi connectivity index (χ4n) is 12.1. The minimum atomic E-state index is -0.875. The molecule has 2 heterocycles. The van der Waals surface area contributed by atoms with Gasteiger partial charge in [-0.05, 0) is 78.0 Å². The van der Waals surface area contributed by atoms with E-state index in [9.17, 15) is 38.4 Å². The van der Waals surface area contributed by atoms with Gasteiger partial charge in [0.25, 0.3) is 0 Å². The molecule has 6 aromatic rings. The standard InChI is InChI=1S/C24H36O3.C22H24O2.C14H6Cl2O2.C8Cl4O3.C8H18S.3CH4/c1-21(2,3)15-13-14(20(26)27-19(13)25)16(22(4,5)6)18(24(10,11)12)17(15)23(7,8)9;1-21(2,3)15-11-7-9-13-17(15)19(23)14-10-8-12-16(22(4,5)6)18(14)20(13)24;15-9-5-1-3-7-11(9)14(18)8-4-2-6-10(16)12(8)13(7)17;9-3-1-2(8(14)15-7(1)13)4(10)6(12)5(3)11;1-7(2,3)9-8(4,5)6;;;/h1-12H3;7-12H,1-6H3;1-6H;;1-6H3;3*1H4. The summed E-state index contributed by atoms with van der Waals surface area (Å²) in [4.78, 5) is 99.2. The highest BCUT2D eigenvalue weighted by molar-refractivity contribution is 8.01. The van der Waals surface area contributed by atoms with Gasteiger partial charge in [0.1, 0.15) is 0 Å². The highest BCUT2D eigenvalue weighted by Crippen LogP contribution is 2.51. The van der Waals surface area contributed by atoms with Crippen molar-refractivity contribution < 1.29 is 47.8 Å². The maximum atomic E-state index is 13.2. The Morgan fingerprint density at radius 3 is 0.729 bits per heavy atom. The van der Waals surface area contributed by atoms with Gasteiger partial charge < -0.3 is 9.47 Å². The first-order valence-corrected chi connectivity index (χ1v) is 33.6. The van der Waals surface area contributed by atoms with E-state index in [4.69, 9.17) is 74.3 Å². The number of ether oxygens (including phenoxy) is 2. The number of cyclic esters (lactones) is 4. The molecule has 10 nitrogen and oxygen atoms in total. The van der Waals surface area contributed by atoms with Crippen molar-refractivity contribution in [3.05, 3.63) is 203 Å². The third-order valence-corrected chi connectivity index (χ3v) is 18.9. The molecule has 4 aliphatic rings. The third-order valence-electron chi connectivity index (χ3n) is 15.2. The molecule has 2 aliphatic heterocycles. The van der Waals surface area contributed by atoms with E-state index < -0.39 is 23.9 Å². The minimum absolute atomic E-state index is 0. The van der Waals surface area contributed by atoms with Crippen LogP contribution in [-0.4, -0.2) is 56.5 Å². The van der Waals surface area contributed by atoms with E-state index in [0.29, 0.717) is 54.0 Å². The van der Waals surface area contributed by atoms with E-state index in [1.54, 1.807) is 48.5 Å². The topological polar surface area (TPSA) is 155 Å². The Morgan fingerprint density at radius 2 is 0.500 bits per heavy atom. The van der Waals surface area contributed by atoms with Gasteiger partial charge in [-0.3, -0.25) is 19.2 Å². The maximum Gasteiger partial charge on any atom is 0.348 e. The van der Waals surface area contributed by atoms with E-state index in [1.165, 1.54) is 11.1 Å². The van der Waals surface area contributed by atoms with Crippen molar-refractivity contribution in [1.29, 1.82) is 0 Å². The number of benzene rings is 6. The first-order valence-electron chi connectivity index (χ1n) is 30.5. The number of carbonyl (C=O) groups excluding carboxylic acids is 8. The Labute approximate surface area is 605 Å². The number of hydrogen-bond acceptors (Lipinski definition) is 11. The van der Waals surface area contributed by atoms with Crippen LogP contribution in [0.4, 0.5) is 0 Å². The zero-order valence-corrected chi connectivity index (χ0v) is 63.0. The second-order valence-electron chi connectivity index (χ2n) is 31.5. The van der Waals surface area contributed by atoms with Gasteiger partial charge in [0.15, 0.2) is 23.1 Å². The van der Waals surface area contributed by atoms with E-state index >= 15 is 0 Å². The van der Waals surface area contributed by atoms with Gasteiger partial charge in [0, 0.05) is 42.9 Å². The Bertz CT molecular complexity index is 3870. The Kier molecular flexibility index (Phi) is 26.1. The number of carbonyl (C=O) groups is 8. The molecule has 10 rings (SSSR count). The lowest BCUT2D eigenvalue weighted by Crippen LogP contribution is -2.35. The van der Waals surface area contributed by atoms with Crippen LogP contribution in [0.2, 0.25) is 30.1 Å². The van der Waals surface area contributed by atoms with Crippen LogP contribution in [0.3, 0.4) is 0 Å². The molecule has 0 radical (unpaired) electrons. The normalized spacial score (nSPS) is 14.1. The van der Waals surface area contributed by atoms with Crippen molar-refractivity contribution >= 4 is 128 Å². The fraction of sp³-hybridized carbons (Fsp3) is 0.443. The molecule has 2 aliphatic carbocycles. The van der Waals surface area contributed by atoms with Crippen LogP contribution in [0, 0.1) is 0 Å². The molecule has 6 aromatic carbocycles. The summed E-state index contributed by atoms with van der Waals surface area (Å²) in [6.07, 6.45) is 0. The SMILES string of the molecule is C.C.C.CC(C)(C)SC(C)(C)C.CC(C)(C)c1c2c(c(C(C)(C)C)c(C(C)(C)C)c1C(C)(C)C)C(=O)OC2=O.CC(C)(C)c1cccc2c1C(=O)c1cccc(C(C)(C)C)c1C2=O.O=C1OC(=O)c2c(Cl)c(Cl)c(Cl)c(Cl)c21.O=C1c2cccc(Cl)c2C(=O)c2cccc(Cl)c21. The van der Waals surface area contributed by atoms with Crippen LogP contribution in [0.1, 0.15) is 327 Å². The van der Waals surface area contributed by atoms with Crippen LogP contribution in [0.25, 0.3) is 0 Å². The number of halogens is 6. The summed E-state index contributed by atoms with van der Waals surface area (Å²) in [5, 5.41) is 0.171. The second kappa shape index (κ2) is 29.7. The molecule has 0 amide bonds. The molecular formula is C79H96Cl6O10S. The average Bonchev–Trinajstić information content (AvgIpc) is 1.19. The smallest absolute Gasteiger partial charge is 0.348 e. The van der Waals surface area contributed by atoms with Gasteiger partial charge in [0.05, 0.1) is 63.5 Å². The number of fused-ring (bicyclic) bond motifs is 6. The number of thioether (sulfide) groups is 1. The maximum absolute atomic E-state index is 13.2. The zero-order chi connectivity index (χ0) is 71.1. The number of ketones is 4. The quantitative estimate of drug-likeness (QED) is 0.0616. The van der Waals surface area contributed by atoms with E-state index in [-0.39, 0.29) is 130 Å². The van der Waals surface area contributed by atoms with Crippen molar-refractivity contribution in [2.24, 2.45) is 0 Å². The van der Waals surface area contributed by atoms with Gasteiger partial charge in [-0.15, -0.1) is 0 Å². The predicted octanol–water partition coefficient (Wildman–Crippen LogP) is 23.8. The molecule has 0 aromatic heterocycles. The van der Waals surface area contributed by atoms with Gasteiger partial charge in [0.2, 0.25) is 0 Å². The molecule has 0 bridgehead atoms. The summed E-state index contributed by atoms with van der Waals surface area (Å²) in [5.41, 5.74) is 8.85. The third kappa shape index (κ3) is 17.5. The first kappa shape index (κ1) is 84.6. The lowest BCUT2D eigenvalue weighted by molar-refractivity contribution is 0.0425. The van der Waals surface area contributed by atoms with Gasteiger partial charge in [-0.25, -0.2) is 19.2 Å². The number of esters is 4. The summed E-state index contributed by atoms with van der Waals surface area (Å²) in [6.45, 7) is 51.7. The van der Waals surface area contributed by atoms with Gasteiger partial charge in [-0.1, -0.05) is 319 Å². The minimum Gasteiger partial charge on any atom is -0.386 e. The van der Waals surface area contributed by atoms with Crippen molar-refractivity contribution in [1.82, 2.24) is 0 Å². The average molecular weight is 1450 g/mol. The Balaban J connectivity index is 0.000000322. The zero-order valence-electron chi connectivity index (χ0n) is 57.7. The molecule has 0 saturated carbocycles.